The lowest BCUT2D eigenvalue weighted by Crippen LogP contribution is -2.64. The lowest BCUT2D eigenvalue weighted by molar-refractivity contribution is -0.359. The third-order valence-corrected chi connectivity index (χ3v) is 4.56. The quantitative estimate of drug-likeness (QED) is 0.158. The Bertz CT molecular complexity index is 460. The summed E-state index contributed by atoms with van der Waals surface area (Å²) in [6.45, 7) is 2.45. The Morgan fingerprint density at radius 1 is 0.778 bits per heavy atom. The lowest BCUT2D eigenvalue weighted by atomic mass is 9.97. The molecule has 0 radical (unpaired) electrons. The van der Waals surface area contributed by atoms with Crippen LogP contribution in [0.1, 0.15) is 6.42 Å². The van der Waals surface area contributed by atoms with E-state index in [9.17, 15) is 35.7 Å². The molecule has 0 saturated carbocycles. The van der Waals surface area contributed by atoms with Gasteiger partial charge in [-0.15, -0.1) is 6.58 Å². The van der Waals surface area contributed by atoms with E-state index in [-0.39, 0.29) is 6.61 Å². The van der Waals surface area contributed by atoms with Crippen molar-refractivity contribution in [1.29, 1.82) is 0 Å². The molecule has 0 aliphatic carbocycles. The highest BCUT2D eigenvalue weighted by Gasteiger charge is 2.50. The molecular formula is C16H28O11. The summed E-state index contributed by atoms with van der Waals surface area (Å²) in [6.07, 6.45) is -12.4. The molecule has 0 aromatic carbocycles. The van der Waals surface area contributed by atoms with Gasteiger partial charge in [0.1, 0.15) is 48.8 Å². The van der Waals surface area contributed by atoms with Gasteiger partial charge in [-0.05, 0) is 6.42 Å². The summed E-state index contributed by atoms with van der Waals surface area (Å²) in [5, 5.41) is 68.9. The zero-order valence-electron chi connectivity index (χ0n) is 14.6. The molecule has 7 N–H and O–H groups in total. The maximum Gasteiger partial charge on any atom is 0.187 e. The van der Waals surface area contributed by atoms with E-state index >= 15 is 0 Å². The fourth-order valence-corrected chi connectivity index (χ4v) is 2.96. The predicted molar refractivity (Wildman–Crippen MR) is 87.2 cm³/mol. The van der Waals surface area contributed by atoms with Crippen molar-refractivity contribution in [2.45, 2.75) is 67.8 Å². The van der Waals surface area contributed by atoms with Crippen LogP contribution in [0.4, 0.5) is 0 Å². The summed E-state index contributed by atoms with van der Waals surface area (Å²) in [5.74, 6) is 0. The van der Waals surface area contributed by atoms with Gasteiger partial charge in [0.2, 0.25) is 0 Å². The number of hydrogen-bond acceptors (Lipinski definition) is 11. The zero-order valence-corrected chi connectivity index (χ0v) is 14.6. The summed E-state index contributed by atoms with van der Waals surface area (Å²) in [4.78, 5) is 0. The van der Waals surface area contributed by atoms with Crippen molar-refractivity contribution < 1.29 is 54.7 Å². The van der Waals surface area contributed by atoms with E-state index in [2.05, 4.69) is 6.58 Å². The SMILES string of the molecule is C=CCCO[C@@H]1OC(CO)[C@@H](O[C@@H]2OC(CO)[C@@H](O)[C@H](O)C2O)[C@H](O)C1O. The summed E-state index contributed by atoms with van der Waals surface area (Å²) >= 11 is 0. The number of hydrogen-bond donors (Lipinski definition) is 7. The zero-order chi connectivity index (χ0) is 20.1. The van der Waals surface area contributed by atoms with Crippen molar-refractivity contribution in [3.8, 4) is 0 Å². The van der Waals surface area contributed by atoms with E-state index < -0.39 is 74.6 Å². The molecule has 2 rings (SSSR count). The average Bonchev–Trinajstić information content (AvgIpc) is 2.67. The Morgan fingerprint density at radius 2 is 1.37 bits per heavy atom. The minimum absolute atomic E-state index is 0.175. The van der Waals surface area contributed by atoms with Crippen LogP contribution in [-0.4, -0.2) is 117 Å². The normalized spacial score (nSPS) is 45.6. The van der Waals surface area contributed by atoms with E-state index in [0.717, 1.165) is 0 Å². The van der Waals surface area contributed by atoms with Crippen LogP contribution in [-0.2, 0) is 18.9 Å². The van der Waals surface area contributed by atoms with Crippen molar-refractivity contribution in [3.63, 3.8) is 0 Å². The molecule has 2 aliphatic rings. The van der Waals surface area contributed by atoms with Gasteiger partial charge < -0.3 is 54.7 Å². The van der Waals surface area contributed by atoms with E-state index in [4.69, 9.17) is 18.9 Å². The van der Waals surface area contributed by atoms with Gasteiger partial charge in [0.25, 0.3) is 0 Å². The van der Waals surface area contributed by atoms with Crippen molar-refractivity contribution in [3.05, 3.63) is 12.7 Å². The van der Waals surface area contributed by atoms with Gasteiger partial charge in [0.15, 0.2) is 12.6 Å². The number of rotatable bonds is 8. The summed E-state index contributed by atoms with van der Waals surface area (Å²) in [6, 6.07) is 0. The molecule has 27 heavy (non-hydrogen) atoms. The van der Waals surface area contributed by atoms with Crippen LogP contribution in [0.25, 0.3) is 0 Å². The van der Waals surface area contributed by atoms with Crippen molar-refractivity contribution in [2.24, 2.45) is 0 Å². The fraction of sp³-hybridized carbons (Fsp3) is 0.875. The second kappa shape index (κ2) is 10.2. The molecule has 0 bridgehead atoms. The monoisotopic (exact) mass is 396 g/mol. The highest BCUT2D eigenvalue weighted by molar-refractivity contribution is 4.94. The van der Waals surface area contributed by atoms with Crippen LogP contribution < -0.4 is 0 Å². The van der Waals surface area contributed by atoms with Crippen molar-refractivity contribution in [2.75, 3.05) is 19.8 Å². The largest absolute Gasteiger partial charge is 0.394 e. The molecule has 0 amide bonds. The summed E-state index contributed by atoms with van der Waals surface area (Å²) in [7, 11) is 0. The van der Waals surface area contributed by atoms with Gasteiger partial charge in [-0.25, -0.2) is 0 Å². The van der Waals surface area contributed by atoms with Gasteiger partial charge in [-0.1, -0.05) is 6.08 Å². The fourth-order valence-electron chi connectivity index (χ4n) is 2.96. The molecular weight excluding hydrogens is 368 g/mol. The average molecular weight is 396 g/mol. The van der Waals surface area contributed by atoms with Crippen LogP contribution in [0.2, 0.25) is 0 Å². The predicted octanol–water partition coefficient (Wildman–Crippen LogP) is -3.80. The molecule has 4 unspecified atom stereocenters. The Morgan fingerprint density at radius 3 is 1.96 bits per heavy atom. The van der Waals surface area contributed by atoms with Crippen LogP contribution >= 0.6 is 0 Å². The summed E-state index contributed by atoms with van der Waals surface area (Å²) in [5.41, 5.74) is 0. The number of ether oxygens (including phenoxy) is 4. The Labute approximate surface area is 156 Å². The summed E-state index contributed by atoms with van der Waals surface area (Å²) < 4.78 is 21.4. The van der Waals surface area contributed by atoms with Gasteiger partial charge in [-0.2, -0.15) is 0 Å². The highest BCUT2D eigenvalue weighted by Crippen LogP contribution is 2.29. The smallest absolute Gasteiger partial charge is 0.187 e. The molecule has 10 atom stereocenters. The maximum atomic E-state index is 10.4. The molecule has 2 fully saturated rings. The molecule has 158 valence electrons. The van der Waals surface area contributed by atoms with E-state index in [0.29, 0.717) is 6.42 Å². The van der Waals surface area contributed by atoms with Crippen molar-refractivity contribution >= 4 is 0 Å². The van der Waals surface area contributed by atoms with Crippen LogP contribution in [0, 0.1) is 0 Å². The van der Waals surface area contributed by atoms with Crippen LogP contribution in [0.5, 0.6) is 0 Å². The molecule has 0 aromatic rings. The van der Waals surface area contributed by atoms with Gasteiger partial charge >= 0.3 is 0 Å². The second-order valence-corrected chi connectivity index (χ2v) is 6.45. The lowest BCUT2D eigenvalue weighted by Gasteiger charge is -2.45. The van der Waals surface area contributed by atoms with Gasteiger partial charge in [-0.3, -0.25) is 0 Å². The Kier molecular flexibility index (Phi) is 8.52. The van der Waals surface area contributed by atoms with Crippen LogP contribution in [0.15, 0.2) is 12.7 Å². The topological polar surface area (TPSA) is 179 Å². The third-order valence-electron chi connectivity index (χ3n) is 4.56. The highest BCUT2D eigenvalue weighted by atomic mass is 16.7. The van der Waals surface area contributed by atoms with Gasteiger partial charge in [0.05, 0.1) is 19.8 Å². The number of aliphatic hydroxyl groups is 7. The Balaban J connectivity index is 2.06. The minimum atomic E-state index is -1.70. The molecule has 2 heterocycles. The maximum absolute atomic E-state index is 10.4. The first-order chi connectivity index (χ1) is 12.8. The van der Waals surface area contributed by atoms with E-state index in [1.807, 2.05) is 0 Å². The molecule has 11 nitrogen and oxygen atoms in total. The molecule has 2 aliphatic heterocycles. The number of aliphatic hydroxyl groups excluding tert-OH is 7. The molecule has 0 spiro atoms. The van der Waals surface area contributed by atoms with Gasteiger partial charge in [0, 0.05) is 0 Å². The second-order valence-electron chi connectivity index (χ2n) is 6.45. The standard InChI is InChI=1S/C16H28O11/c1-2-3-4-24-15-13(23)11(21)14(8(6-18)26-15)27-16-12(22)10(20)9(19)7(5-17)25-16/h2,7-23H,1,3-6H2/t7?,8?,9-,10+,11-,12?,13?,14-,15-,16+/m1/s1. The first kappa shape index (κ1) is 22.6. The third kappa shape index (κ3) is 5.02. The molecule has 0 aromatic heterocycles. The molecule has 2 saturated heterocycles. The molecule has 11 heteroatoms. The van der Waals surface area contributed by atoms with E-state index in [1.165, 1.54) is 0 Å². The van der Waals surface area contributed by atoms with E-state index in [1.54, 1.807) is 6.08 Å². The first-order valence-electron chi connectivity index (χ1n) is 8.66. The Hall–Kier alpha value is -0.700. The first-order valence-corrected chi connectivity index (χ1v) is 8.66. The van der Waals surface area contributed by atoms with Crippen LogP contribution in [0.3, 0.4) is 0 Å². The minimum Gasteiger partial charge on any atom is -0.394 e. The van der Waals surface area contributed by atoms with Crippen molar-refractivity contribution in [1.82, 2.24) is 0 Å².